The molecule has 0 bridgehead atoms. The van der Waals surface area contributed by atoms with Gasteiger partial charge in [-0.1, -0.05) is 19.4 Å². The number of rotatable bonds is 6. The van der Waals surface area contributed by atoms with Gasteiger partial charge in [0.25, 0.3) is 0 Å². The van der Waals surface area contributed by atoms with Gasteiger partial charge in [-0.25, -0.2) is 13.1 Å². The van der Waals surface area contributed by atoms with Gasteiger partial charge in [-0.2, -0.15) is 13.2 Å². The van der Waals surface area contributed by atoms with Crippen molar-refractivity contribution >= 4 is 10.0 Å². The number of nitrogens with two attached hydrogens (primary N) is 1. The van der Waals surface area contributed by atoms with Crippen LogP contribution in [0.4, 0.5) is 13.2 Å². The van der Waals surface area contributed by atoms with Crippen LogP contribution in [0.25, 0.3) is 0 Å². The van der Waals surface area contributed by atoms with Crippen LogP contribution in [-0.4, -0.2) is 21.0 Å². The maximum Gasteiger partial charge on any atom is 0.416 e. The Hall–Kier alpha value is -1.12. The van der Waals surface area contributed by atoms with E-state index in [1.165, 1.54) is 0 Å². The second-order valence-corrected chi connectivity index (χ2v) is 6.19. The molecule has 8 heteroatoms. The van der Waals surface area contributed by atoms with Crippen LogP contribution < -0.4 is 10.5 Å². The Balaban J connectivity index is 2.88. The zero-order valence-corrected chi connectivity index (χ0v) is 11.8. The molecule has 0 saturated carbocycles. The number of benzene rings is 1. The molecule has 0 spiro atoms. The van der Waals surface area contributed by atoms with Crippen LogP contribution in [0.5, 0.6) is 0 Å². The van der Waals surface area contributed by atoms with Gasteiger partial charge in [0.2, 0.25) is 10.0 Å². The summed E-state index contributed by atoms with van der Waals surface area (Å²) in [5, 5.41) is 0. The van der Waals surface area contributed by atoms with Crippen molar-refractivity contribution in [1.29, 1.82) is 0 Å². The average Bonchev–Trinajstić information content (AvgIpc) is 2.36. The van der Waals surface area contributed by atoms with Crippen molar-refractivity contribution in [3.8, 4) is 0 Å². The molecule has 1 atom stereocenters. The Labute approximate surface area is 116 Å². The SMILES string of the molecule is CCCC(N)CNS(=O)(=O)c1cccc(C(F)(F)F)c1. The minimum absolute atomic E-state index is 0.00752. The number of hydrogen-bond donors (Lipinski definition) is 2. The van der Waals surface area contributed by atoms with Crippen LogP contribution in [0.1, 0.15) is 25.3 Å². The van der Waals surface area contributed by atoms with Gasteiger partial charge < -0.3 is 5.73 Å². The molecule has 20 heavy (non-hydrogen) atoms. The topological polar surface area (TPSA) is 72.2 Å². The van der Waals surface area contributed by atoms with Crippen LogP contribution in [-0.2, 0) is 16.2 Å². The van der Waals surface area contributed by atoms with Gasteiger partial charge in [-0.05, 0) is 24.6 Å². The summed E-state index contributed by atoms with van der Waals surface area (Å²) < 4.78 is 63.6. The fourth-order valence-electron chi connectivity index (χ4n) is 1.61. The van der Waals surface area contributed by atoms with E-state index in [1.807, 2.05) is 6.92 Å². The molecule has 0 aliphatic carbocycles. The van der Waals surface area contributed by atoms with E-state index < -0.39 is 26.7 Å². The molecule has 0 aliphatic rings. The predicted octanol–water partition coefficient (Wildman–Crippen LogP) is 2.11. The third-order valence-corrected chi connectivity index (χ3v) is 4.09. The fourth-order valence-corrected chi connectivity index (χ4v) is 2.75. The summed E-state index contributed by atoms with van der Waals surface area (Å²) in [7, 11) is -3.99. The lowest BCUT2D eigenvalue weighted by atomic mass is 10.2. The van der Waals surface area contributed by atoms with Gasteiger partial charge in [-0.3, -0.25) is 0 Å². The molecule has 1 aromatic rings. The summed E-state index contributed by atoms with van der Waals surface area (Å²) in [5.74, 6) is 0. The first-order valence-corrected chi connectivity index (χ1v) is 7.57. The van der Waals surface area contributed by atoms with Gasteiger partial charge in [0.15, 0.2) is 0 Å². The Morgan fingerprint density at radius 2 is 2.00 bits per heavy atom. The average molecular weight is 310 g/mol. The number of sulfonamides is 1. The monoisotopic (exact) mass is 310 g/mol. The predicted molar refractivity (Wildman–Crippen MR) is 69.5 cm³/mol. The van der Waals surface area contributed by atoms with Crippen molar-refractivity contribution in [3.63, 3.8) is 0 Å². The van der Waals surface area contributed by atoms with E-state index in [9.17, 15) is 21.6 Å². The molecule has 1 unspecified atom stereocenters. The number of hydrogen-bond acceptors (Lipinski definition) is 3. The highest BCUT2D eigenvalue weighted by Gasteiger charge is 2.31. The third kappa shape index (κ3) is 4.77. The summed E-state index contributed by atoms with van der Waals surface area (Å²) in [4.78, 5) is -0.420. The summed E-state index contributed by atoms with van der Waals surface area (Å²) in [6.07, 6.45) is -3.15. The highest BCUT2D eigenvalue weighted by atomic mass is 32.2. The third-order valence-electron chi connectivity index (χ3n) is 2.67. The zero-order chi connectivity index (χ0) is 15.4. The Morgan fingerprint density at radius 1 is 1.35 bits per heavy atom. The van der Waals surface area contributed by atoms with Crippen LogP contribution >= 0.6 is 0 Å². The van der Waals surface area contributed by atoms with Crippen molar-refractivity contribution in [2.24, 2.45) is 5.73 Å². The Morgan fingerprint density at radius 3 is 2.55 bits per heavy atom. The Kier molecular flexibility index (Phi) is 5.55. The van der Waals surface area contributed by atoms with E-state index in [2.05, 4.69) is 4.72 Å². The first kappa shape index (κ1) is 16.9. The largest absolute Gasteiger partial charge is 0.416 e. The molecule has 0 amide bonds. The molecule has 1 aromatic carbocycles. The summed E-state index contributed by atoms with van der Waals surface area (Å²) in [5.41, 5.74) is 4.66. The summed E-state index contributed by atoms with van der Waals surface area (Å²) >= 11 is 0. The van der Waals surface area contributed by atoms with Crippen LogP contribution in [0.15, 0.2) is 29.2 Å². The van der Waals surface area contributed by atoms with E-state index in [0.717, 1.165) is 24.6 Å². The number of halogens is 3. The normalized spacial score (nSPS) is 14.2. The smallest absolute Gasteiger partial charge is 0.327 e. The highest BCUT2D eigenvalue weighted by molar-refractivity contribution is 7.89. The lowest BCUT2D eigenvalue weighted by molar-refractivity contribution is -0.137. The van der Waals surface area contributed by atoms with Crippen LogP contribution in [0.2, 0.25) is 0 Å². The van der Waals surface area contributed by atoms with E-state index >= 15 is 0 Å². The maximum absolute atomic E-state index is 12.5. The first-order valence-electron chi connectivity index (χ1n) is 6.09. The minimum atomic E-state index is -4.58. The molecule has 0 saturated heterocycles. The van der Waals surface area contributed by atoms with Gasteiger partial charge in [-0.15, -0.1) is 0 Å². The van der Waals surface area contributed by atoms with Crippen LogP contribution in [0, 0.1) is 0 Å². The van der Waals surface area contributed by atoms with Gasteiger partial charge in [0.1, 0.15) is 0 Å². The second-order valence-electron chi connectivity index (χ2n) is 4.43. The quantitative estimate of drug-likeness (QED) is 0.845. The lowest BCUT2D eigenvalue weighted by Crippen LogP contribution is -2.37. The number of nitrogens with one attached hydrogen (secondary N) is 1. The van der Waals surface area contributed by atoms with Crippen molar-refractivity contribution in [3.05, 3.63) is 29.8 Å². The van der Waals surface area contributed by atoms with Gasteiger partial charge in [0.05, 0.1) is 10.5 Å². The van der Waals surface area contributed by atoms with Crippen molar-refractivity contribution in [1.82, 2.24) is 4.72 Å². The minimum Gasteiger partial charge on any atom is -0.327 e. The second kappa shape index (κ2) is 6.55. The zero-order valence-electron chi connectivity index (χ0n) is 10.9. The molecule has 0 fully saturated rings. The molecule has 0 aromatic heterocycles. The van der Waals surface area contributed by atoms with Gasteiger partial charge in [0, 0.05) is 12.6 Å². The van der Waals surface area contributed by atoms with E-state index in [0.29, 0.717) is 12.5 Å². The van der Waals surface area contributed by atoms with E-state index in [4.69, 9.17) is 5.73 Å². The van der Waals surface area contributed by atoms with Crippen molar-refractivity contribution in [2.45, 2.75) is 36.9 Å². The Bertz CT molecular complexity index is 544. The lowest BCUT2D eigenvalue weighted by Gasteiger charge is -2.13. The molecule has 3 N–H and O–H groups in total. The standard InChI is InChI=1S/C12H17F3N2O2S/c1-2-4-10(16)8-17-20(18,19)11-6-3-5-9(7-11)12(13,14)15/h3,5-7,10,17H,2,4,8,16H2,1H3. The molecular formula is C12H17F3N2O2S. The van der Waals surface area contributed by atoms with E-state index in [-0.39, 0.29) is 12.6 Å². The first-order chi connectivity index (χ1) is 9.16. The highest BCUT2D eigenvalue weighted by Crippen LogP contribution is 2.30. The summed E-state index contributed by atoms with van der Waals surface area (Å²) in [6, 6.07) is 3.24. The molecular weight excluding hydrogens is 293 g/mol. The molecule has 4 nitrogen and oxygen atoms in total. The molecule has 0 heterocycles. The van der Waals surface area contributed by atoms with Crippen LogP contribution in [0.3, 0.4) is 0 Å². The van der Waals surface area contributed by atoms with Crippen molar-refractivity contribution in [2.75, 3.05) is 6.54 Å². The maximum atomic E-state index is 12.5. The summed E-state index contributed by atoms with van der Waals surface area (Å²) in [6.45, 7) is 1.90. The van der Waals surface area contributed by atoms with Gasteiger partial charge >= 0.3 is 6.18 Å². The van der Waals surface area contributed by atoms with Crippen molar-refractivity contribution < 1.29 is 21.6 Å². The fraction of sp³-hybridized carbons (Fsp3) is 0.500. The number of alkyl halides is 3. The van der Waals surface area contributed by atoms with E-state index in [1.54, 1.807) is 0 Å². The molecule has 114 valence electrons. The molecule has 0 radical (unpaired) electrons. The molecule has 1 rings (SSSR count). The molecule has 0 aliphatic heterocycles.